The van der Waals surface area contributed by atoms with Crippen LogP contribution in [0.4, 0.5) is 0 Å². The van der Waals surface area contributed by atoms with E-state index >= 15 is 0 Å². The summed E-state index contributed by atoms with van der Waals surface area (Å²) in [5.74, 6) is 0. The van der Waals surface area contributed by atoms with Crippen LogP contribution in [-0.4, -0.2) is 35.7 Å². The smallest absolute Gasteiger partial charge is 0.0586 e. The summed E-state index contributed by atoms with van der Waals surface area (Å²) in [5.41, 5.74) is 0. The maximum atomic E-state index is 9.26. The first-order chi connectivity index (χ1) is 7.38. The molecular formula is C13H27NO. The Balaban J connectivity index is 2.07. The van der Waals surface area contributed by atoms with Crippen LogP contribution in [0.25, 0.3) is 0 Å². The largest absolute Gasteiger partial charge is 0.395 e. The van der Waals surface area contributed by atoms with Gasteiger partial charge in [0.1, 0.15) is 0 Å². The quantitative estimate of drug-likeness (QED) is 0.657. The summed E-state index contributed by atoms with van der Waals surface area (Å²) in [6.45, 7) is 5.02. The Kier molecular flexibility index (Phi) is 7.03. The lowest BCUT2D eigenvalue weighted by atomic mass is 10.0. The molecule has 1 atom stereocenters. The van der Waals surface area contributed by atoms with Crippen molar-refractivity contribution in [3.63, 3.8) is 0 Å². The maximum Gasteiger partial charge on any atom is 0.0586 e. The lowest BCUT2D eigenvalue weighted by Gasteiger charge is -2.34. The fraction of sp³-hybridized carbons (Fsp3) is 1.00. The third kappa shape index (κ3) is 4.98. The van der Waals surface area contributed by atoms with E-state index in [1.54, 1.807) is 0 Å². The summed E-state index contributed by atoms with van der Waals surface area (Å²) in [5, 5.41) is 9.26. The first-order valence-electron chi connectivity index (χ1n) is 6.73. The number of nitrogens with zero attached hydrogens (tertiary/aromatic N) is 1. The van der Waals surface area contributed by atoms with Gasteiger partial charge < -0.3 is 5.11 Å². The minimum Gasteiger partial charge on any atom is -0.395 e. The van der Waals surface area contributed by atoms with Gasteiger partial charge in [-0.15, -0.1) is 0 Å². The molecule has 1 rings (SSSR count). The van der Waals surface area contributed by atoms with Crippen LogP contribution >= 0.6 is 0 Å². The zero-order valence-electron chi connectivity index (χ0n) is 10.2. The average Bonchev–Trinajstić information content (AvgIpc) is 2.29. The van der Waals surface area contributed by atoms with Crippen molar-refractivity contribution in [1.29, 1.82) is 0 Å². The highest BCUT2D eigenvalue weighted by atomic mass is 16.3. The number of aliphatic hydroxyl groups excluding tert-OH is 1. The van der Waals surface area contributed by atoms with Crippen molar-refractivity contribution in [3.8, 4) is 0 Å². The number of rotatable bonds is 7. The van der Waals surface area contributed by atoms with E-state index in [1.807, 2.05) is 0 Å². The zero-order chi connectivity index (χ0) is 10.9. The molecular weight excluding hydrogens is 186 g/mol. The highest BCUT2D eigenvalue weighted by Crippen LogP contribution is 2.17. The van der Waals surface area contributed by atoms with Gasteiger partial charge in [0, 0.05) is 6.04 Å². The molecule has 0 saturated carbocycles. The molecule has 2 heteroatoms. The van der Waals surface area contributed by atoms with E-state index < -0.39 is 0 Å². The minimum absolute atomic E-state index is 0.356. The average molecular weight is 213 g/mol. The number of hydrogen-bond acceptors (Lipinski definition) is 2. The molecule has 1 aliphatic heterocycles. The van der Waals surface area contributed by atoms with Gasteiger partial charge in [0.05, 0.1) is 6.61 Å². The first-order valence-corrected chi connectivity index (χ1v) is 6.73. The first kappa shape index (κ1) is 13.0. The molecule has 1 saturated heterocycles. The number of hydrogen-bond donors (Lipinski definition) is 1. The monoisotopic (exact) mass is 213 g/mol. The van der Waals surface area contributed by atoms with E-state index in [4.69, 9.17) is 0 Å². The van der Waals surface area contributed by atoms with Gasteiger partial charge >= 0.3 is 0 Å². The van der Waals surface area contributed by atoms with Gasteiger partial charge in [-0.05, 0) is 32.4 Å². The number of aliphatic hydroxyl groups is 1. The van der Waals surface area contributed by atoms with Crippen molar-refractivity contribution in [2.75, 3.05) is 19.7 Å². The normalized spacial score (nSPS) is 23.2. The van der Waals surface area contributed by atoms with E-state index in [1.165, 1.54) is 64.5 Å². The van der Waals surface area contributed by atoms with Crippen LogP contribution in [0.3, 0.4) is 0 Å². The molecule has 2 nitrogen and oxygen atoms in total. The third-order valence-corrected chi connectivity index (χ3v) is 3.51. The van der Waals surface area contributed by atoms with Gasteiger partial charge in [0.25, 0.3) is 0 Å². The summed E-state index contributed by atoms with van der Waals surface area (Å²) >= 11 is 0. The molecule has 1 fully saturated rings. The van der Waals surface area contributed by atoms with E-state index in [0.29, 0.717) is 12.6 Å². The van der Waals surface area contributed by atoms with Crippen molar-refractivity contribution in [2.24, 2.45) is 0 Å². The molecule has 0 spiro atoms. The molecule has 0 aliphatic carbocycles. The van der Waals surface area contributed by atoms with Crippen LogP contribution in [0, 0.1) is 0 Å². The fourth-order valence-corrected chi connectivity index (χ4v) is 2.48. The highest BCUT2D eigenvalue weighted by molar-refractivity contribution is 4.75. The molecule has 1 N–H and O–H groups in total. The lowest BCUT2D eigenvalue weighted by molar-refractivity contribution is 0.0886. The van der Waals surface area contributed by atoms with Crippen molar-refractivity contribution in [2.45, 2.75) is 64.3 Å². The van der Waals surface area contributed by atoms with Crippen molar-refractivity contribution in [1.82, 2.24) is 4.90 Å². The Morgan fingerprint density at radius 3 is 2.67 bits per heavy atom. The molecule has 1 unspecified atom stereocenters. The van der Waals surface area contributed by atoms with Gasteiger partial charge in [-0.2, -0.15) is 0 Å². The van der Waals surface area contributed by atoms with E-state index in [9.17, 15) is 5.11 Å². The standard InChI is InChI=1S/C13H27NO/c1-2-3-4-5-7-10-14-11-8-6-9-13(14)12-15/h13,15H,2-12H2,1H3. The van der Waals surface area contributed by atoms with Crippen LogP contribution in [0.1, 0.15) is 58.3 Å². The summed E-state index contributed by atoms with van der Waals surface area (Å²) in [7, 11) is 0. The van der Waals surface area contributed by atoms with E-state index in [-0.39, 0.29) is 0 Å². The molecule has 1 heterocycles. The van der Waals surface area contributed by atoms with Gasteiger partial charge in [-0.3, -0.25) is 4.90 Å². The van der Waals surface area contributed by atoms with Crippen LogP contribution in [0.15, 0.2) is 0 Å². The Bertz CT molecular complexity index is 149. The molecule has 0 aromatic carbocycles. The fourth-order valence-electron chi connectivity index (χ4n) is 2.48. The number of unbranched alkanes of at least 4 members (excludes halogenated alkanes) is 4. The molecule has 90 valence electrons. The Morgan fingerprint density at radius 1 is 1.13 bits per heavy atom. The predicted octanol–water partition coefficient (Wildman–Crippen LogP) is 2.80. The summed E-state index contributed by atoms with van der Waals surface area (Å²) < 4.78 is 0. The molecule has 1 aliphatic rings. The van der Waals surface area contributed by atoms with Crippen LogP contribution in [0.5, 0.6) is 0 Å². The summed E-state index contributed by atoms with van der Waals surface area (Å²) in [6.07, 6.45) is 10.6. The van der Waals surface area contributed by atoms with Gasteiger partial charge in [0.15, 0.2) is 0 Å². The predicted molar refractivity (Wildman–Crippen MR) is 65.1 cm³/mol. The van der Waals surface area contributed by atoms with Crippen LogP contribution < -0.4 is 0 Å². The molecule has 0 aromatic rings. The third-order valence-electron chi connectivity index (χ3n) is 3.51. The van der Waals surface area contributed by atoms with Crippen molar-refractivity contribution < 1.29 is 5.11 Å². The summed E-state index contributed by atoms with van der Waals surface area (Å²) in [6, 6.07) is 0.463. The van der Waals surface area contributed by atoms with Gasteiger partial charge in [0.2, 0.25) is 0 Å². The topological polar surface area (TPSA) is 23.5 Å². The minimum atomic E-state index is 0.356. The number of likely N-dealkylation sites (tertiary alicyclic amines) is 1. The second-order valence-corrected chi connectivity index (χ2v) is 4.78. The second kappa shape index (κ2) is 8.12. The Morgan fingerprint density at radius 2 is 1.93 bits per heavy atom. The number of piperidine rings is 1. The van der Waals surface area contributed by atoms with E-state index in [0.717, 1.165) is 0 Å². The van der Waals surface area contributed by atoms with Crippen molar-refractivity contribution >= 4 is 0 Å². The van der Waals surface area contributed by atoms with Crippen LogP contribution in [0.2, 0.25) is 0 Å². The molecule has 0 aromatic heterocycles. The molecule has 0 radical (unpaired) electrons. The SMILES string of the molecule is CCCCCCCN1CCCCC1CO. The maximum absolute atomic E-state index is 9.26. The van der Waals surface area contributed by atoms with Crippen molar-refractivity contribution in [3.05, 3.63) is 0 Å². The molecule has 0 amide bonds. The van der Waals surface area contributed by atoms with Gasteiger partial charge in [-0.1, -0.05) is 39.0 Å². The highest BCUT2D eigenvalue weighted by Gasteiger charge is 2.20. The van der Waals surface area contributed by atoms with E-state index in [2.05, 4.69) is 11.8 Å². The molecule has 0 bridgehead atoms. The lowest BCUT2D eigenvalue weighted by Crippen LogP contribution is -2.42. The second-order valence-electron chi connectivity index (χ2n) is 4.78. The molecule has 15 heavy (non-hydrogen) atoms. The summed E-state index contributed by atoms with van der Waals surface area (Å²) in [4.78, 5) is 2.50. The zero-order valence-corrected chi connectivity index (χ0v) is 10.2. The van der Waals surface area contributed by atoms with Gasteiger partial charge in [-0.25, -0.2) is 0 Å². The Hall–Kier alpha value is -0.0800. The van der Waals surface area contributed by atoms with Crippen LogP contribution in [-0.2, 0) is 0 Å². The Labute approximate surface area is 94.7 Å².